The van der Waals surface area contributed by atoms with Gasteiger partial charge in [-0.25, -0.2) is 4.48 Å². The predicted octanol–water partition coefficient (Wildman–Crippen LogP) is 0.248. The van der Waals surface area contributed by atoms with E-state index in [9.17, 15) is 9.90 Å². The van der Waals surface area contributed by atoms with Crippen molar-refractivity contribution in [3.8, 4) is 0 Å². The first kappa shape index (κ1) is 8.01. The number of nitrogens with zero attached hydrogens (tertiary/aromatic N) is 1. The Morgan fingerprint density at radius 1 is 1.55 bits per heavy atom. The van der Waals surface area contributed by atoms with Crippen LogP contribution in [-0.2, 0) is 0 Å². The topological polar surface area (TPSA) is 40.1 Å². The highest BCUT2D eigenvalue weighted by atomic mass is 16.4. The van der Waals surface area contributed by atoms with Gasteiger partial charge in [-0.1, -0.05) is 6.08 Å². The molecule has 0 aromatic heterocycles. The van der Waals surface area contributed by atoms with Crippen LogP contribution < -0.4 is 5.11 Å². The molecule has 0 aromatic carbocycles. The summed E-state index contributed by atoms with van der Waals surface area (Å²) in [6.45, 7) is 1.84. The Balaban J connectivity index is 2.94. The van der Waals surface area contributed by atoms with Gasteiger partial charge in [-0.05, 0) is 19.1 Å². The molecule has 0 fully saturated rings. The summed E-state index contributed by atoms with van der Waals surface area (Å²) >= 11 is 0. The molecule has 0 aliphatic carbocycles. The fourth-order valence-corrected chi connectivity index (χ4v) is 0.995. The van der Waals surface area contributed by atoms with Crippen LogP contribution in [0.25, 0.3) is 0 Å². The number of carbonyl (C=O) groups excluding carboxylic acids is 1. The van der Waals surface area contributed by atoms with Crippen molar-refractivity contribution in [1.82, 2.24) is 0 Å². The fourth-order valence-electron chi connectivity index (χ4n) is 0.995. The maximum atomic E-state index is 10.7. The van der Waals surface area contributed by atoms with E-state index in [0.717, 1.165) is 0 Å². The molecule has 0 N–H and O–H groups in total. The third-order valence-corrected chi connectivity index (χ3v) is 2.14. The molecule has 1 amide bonds. The van der Waals surface area contributed by atoms with Gasteiger partial charge in [0.25, 0.3) is 6.09 Å². The SMILES string of the molecule is CC1C=CC=C[N+]1(C)C(=O)[O-]. The molecule has 1 heterocycles. The van der Waals surface area contributed by atoms with E-state index in [2.05, 4.69) is 0 Å². The van der Waals surface area contributed by atoms with Gasteiger partial charge in [-0.2, -0.15) is 0 Å². The molecule has 0 saturated carbocycles. The highest BCUT2D eigenvalue weighted by Gasteiger charge is 2.28. The van der Waals surface area contributed by atoms with Gasteiger partial charge >= 0.3 is 0 Å². The molecule has 2 atom stereocenters. The first-order valence-corrected chi connectivity index (χ1v) is 3.51. The van der Waals surface area contributed by atoms with Gasteiger partial charge in [0.1, 0.15) is 12.2 Å². The fraction of sp³-hybridized carbons (Fsp3) is 0.375. The molecule has 1 aliphatic rings. The van der Waals surface area contributed by atoms with E-state index in [4.69, 9.17) is 0 Å². The van der Waals surface area contributed by atoms with Gasteiger partial charge in [0, 0.05) is 0 Å². The molecule has 3 nitrogen and oxygen atoms in total. The third-order valence-electron chi connectivity index (χ3n) is 2.14. The molecule has 0 bridgehead atoms. The quantitative estimate of drug-likeness (QED) is 0.468. The maximum absolute atomic E-state index is 10.7. The zero-order valence-electron chi connectivity index (χ0n) is 6.65. The number of carbonyl (C=O) groups is 1. The first-order valence-electron chi connectivity index (χ1n) is 3.51. The number of amides is 1. The largest absolute Gasteiger partial charge is 0.498 e. The van der Waals surface area contributed by atoms with Crippen LogP contribution in [0.3, 0.4) is 0 Å². The summed E-state index contributed by atoms with van der Waals surface area (Å²) in [7, 11) is 1.61. The molecule has 1 aliphatic heterocycles. The van der Waals surface area contributed by atoms with Crippen molar-refractivity contribution in [2.45, 2.75) is 13.0 Å². The molecule has 60 valence electrons. The van der Waals surface area contributed by atoms with Crippen molar-refractivity contribution in [3.05, 3.63) is 24.4 Å². The number of carboxylic acid groups (broad SMARTS) is 1. The van der Waals surface area contributed by atoms with Gasteiger partial charge in [0.2, 0.25) is 0 Å². The van der Waals surface area contributed by atoms with Crippen LogP contribution in [0.2, 0.25) is 0 Å². The van der Waals surface area contributed by atoms with E-state index in [1.165, 1.54) is 0 Å². The summed E-state index contributed by atoms with van der Waals surface area (Å²) in [5, 5.41) is 10.7. The van der Waals surface area contributed by atoms with Crippen molar-refractivity contribution >= 4 is 6.09 Å². The van der Waals surface area contributed by atoms with Crippen LogP contribution in [-0.4, -0.2) is 23.7 Å². The van der Waals surface area contributed by atoms with E-state index in [1.54, 1.807) is 19.3 Å². The van der Waals surface area contributed by atoms with Gasteiger partial charge in [0.15, 0.2) is 0 Å². The molecule has 3 heteroatoms. The van der Waals surface area contributed by atoms with Gasteiger partial charge < -0.3 is 9.90 Å². The Bertz CT molecular complexity index is 232. The van der Waals surface area contributed by atoms with Crippen LogP contribution >= 0.6 is 0 Å². The lowest BCUT2D eigenvalue weighted by Gasteiger charge is -2.35. The zero-order chi connectivity index (χ0) is 8.48. The predicted molar refractivity (Wildman–Crippen MR) is 39.3 cm³/mol. The number of hydrogen-bond donors (Lipinski definition) is 0. The molecule has 0 spiro atoms. The minimum absolute atomic E-state index is 0.0509. The maximum Gasteiger partial charge on any atom is 0.262 e. The number of rotatable bonds is 0. The standard InChI is InChI=1S/C8H11NO2/c1-7-5-3-4-6-9(7,2)8(10)11/h3-7H,1-2H3. The Morgan fingerprint density at radius 3 is 2.55 bits per heavy atom. The Kier molecular flexibility index (Phi) is 1.83. The molecular weight excluding hydrogens is 142 g/mol. The summed E-state index contributed by atoms with van der Waals surface area (Å²) in [5.41, 5.74) is 0. The molecule has 0 saturated heterocycles. The van der Waals surface area contributed by atoms with Crippen molar-refractivity contribution in [3.63, 3.8) is 0 Å². The summed E-state index contributed by atoms with van der Waals surface area (Å²) in [4.78, 5) is 10.7. The molecule has 0 aromatic rings. The summed E-state index contributed by atoms with van der Waals surface area (Å²) < 4.78 is -0.170. The van der Waals surface area contributed by atoms with E-state index in [-0.39, 0.29) is 10.5 Å². The lowest BCUT2D eigenvalue weighted by atomic mass is 10.2. The Morgan fingerprint density at radius 2 is 2.18 bits per heavy atom. The molecular formula is C8H11NO2. The summed E-state index contributed by atoms with van der Waals surface area (Å²) in [6, 6.07) is -0.0509. The minimum Gasteiger partial charge on any atom is -0.498 e. The lowest BCUT2D eigenvalue weighted by molar-refractivity contribution is -0.825. The average Bonchev–Trinajstić information content (AvgIpc) is 1.95. The monoisotopic (exact) mass is 153 g/mol. The molecule has 2 unspecified atom stereocenters. The van der Waals surface area contributed by atoms with Crippen molar-refractivity contribution in [2.75, 3.05) is 7.05 Å². The van der Waals surface area contributed by atoms with Crippen molar-refractivity contribution in [2.24, 2.45) is 0 Å². The third kappa shape index (κ3) is 1.19. The lowest BCUT2D eigenvalue weighted by Crippen LogP contribution is -2.56. The van der Waals surface area contributed by atoms with E-state index >= 15 is 0 Å². The Hall–Kier alpha value is -1.09. The van der Waals surface area contributed by atoms with E-state index in [1.807, 2.05) is 19.1 Å². The van der Waals surface area contributed by atoms with Crippen LogP contribution in [0.5, 0.6) is 0 Å². The van der Waals surface area contributed by atoms with E-state index < -0.39 is 6.09 Å². The second-order valence-electron chi connectivity index (χ2n) is 2.88. The van der Waals surface area contributed by atoms with E-state index in [0.29, 0.717) is 0 Å². The minimum atomic E-state index is -1.07. The number of likely N-dealkylation sites (N-methyl/N-ethyl adjacent to an activating group) is 1. The molecule has 0 radical (unpaired) electrons. The van der Waals surface area contributed by atoms with Gasteiger partial charge in [0.05, 0.1) is 7.05 Å². The second-order valence-corrected chi connectivity index (χ2v) is 2.88. The average molecular weight is 153 g/mol. The zero-order valence-corrected chi connectivity index (χ0v) is 6.65. The van der Waals surface area contributed by atoms with Gasteiger partial charge in [-0.3, -0.25) is 0 Å². The van der Waals surface area contributed by atoms with Crippen LogP contribution in [0.1, 0.15) is 6.92 Å². The summed E-state index contributed by atoms with van der Waals surface area (Å²) in [5.74, 6) is 0. The first-order chi connectivity index (χ1) is 5.07. The van der Waals surface area contributed by atoms with Gasteiger partial charge in [-0.15, -0.1) is 0 Å². The normalized spacial score (nSPS) is 35.6. The van der Waals surface area contributed by atoms with Crippen molar-refractivity contribution < 1.29 is 14.4 Å². The smallest absolute Gasteiger partial charge is 0.262 e. The van der Waals surface area contributed by atoms with Crippen LogP contribution in [0.15, 0.2) is 24.4 Å². The number of allylic oxidation sites excluding steroid dienone is 2. The highest BCUT2D eigenvalue weighted by Crippen LogP contribution is 2.15. The molecule has 1 rings (SSSR count). The highest BCUT2D eigenvalue weighted by molar-refractivity contribution is 5.55. The number of hydrogen-bond acceptors (Lipinski definition) is 2. The molecule has 11 heavy (non-hydrogen) atoms. The van der Waals surface area contributed by atoms with Crippen LogP contribution in [0.4, 0.5) is 4.79 Å². The van der Waals surface area contributed by atoms with Crippen molar-refractivity contribution in [1.29, 1.82) is 0 Å². The Labute approximate surface area is 65.8 Å². The number of quaternary nitrogens is 1. The summed E-state index contributed by atoms with van der Waals surface area (Å²) in [6.07, 6.45) is 5.94. The van der Waals surface area contributed by atoms with Crippen LogP contribution in [0, 0.1) is 0 Å². The second kappa shape index (κ2) is 2.51.